The van der Waals surface area contributed by atoms with Crippen LogP contribution in [0.3, 0.4) is 0 Å². The van der Waals surface area contributed by atoms with Gasteiger partial charge < -0.3 is 38.1 Å². The molecule has 0 amide bonds. The van der Waals surface area contributed by atoms with Gasteiger partial charge in [0.05, 0.1) is 53.1 Å². The third kappa shape index (κ3) is 5.78. The summed E-state index contributed by atoms with van der Waals surface area (Å²) < 4.78 is 39.1. The van der Waals surface area contributed by atoms with E-state index in [0.717, 1.165) is 37.2 Å². The molecule has 46 heavy (non-hydrogen) atoms. The quantitative estimate of drug-likeness (QED) is 0.268. The number of esters is 2. The summed E-state index contributed by atoms with van der Waals surface area (Å²) in [6.45, 7) is 7.68. The van der Waals surface area contributed by atoms with Gasteiger partial charge in [-0.1, -0.05) is 0 Å². The highest BCUT2D eigenvalue weighted by Gasteiger charge is 2.54. The van der Waals surface area contributed by atoms with Crippen LogP contribution in [0.25, 0.3) is 10.9 Å². The van der Waals surface area contributed by atoms with Crippen molar-refractivity contribution in [3.63, 3.8) is 0 Å². The summed E-state index contributed by atoms with van der Waals surface area (Å²) in [5.41, 5.74) is 3.83. The summed E-state index contributed by atoms with van der Waals surface area (Å²) in [5, 5.41) is 1.21. The number of nitrogens with one attached hydrogen (secondary N) is 1. The zero-order chi connectivity index (χ0) is 33.1. The minimum atomic E-state index is -0.670. The van der Waals surface area contributed by atoms with Crippen molar-refractivity contribution in [2.75, 3.05) is 55.7 Å². The van der Waals surface area contributed by atoms with E-state index >= 15 is 0 Å². The van der Waals surface area contributed by atoms with Crippen LogP contribution in [-0.2, 0) is 25.4 Å². The third-order valence-electron chi connectivity index (χ3n) is 9.76. The van der Waals surface area contributed by atoms with Crippen LogP contribution >= 0.6 is 0 Å². The molecule has 11 nitrogen and oxygen atoms in total. The number of hydrogen-bond acceptors (Lipinski definition) is 10. The lowest BCUT2D eigenvalue weighted by Crippen LogP contribution is -2.58. The summed E-state index contributed by atoms with van der Waals surface area (Å²) in [6, 6.07) is 9.40. The van der Waals surface area contributed by atoms with Crippen LogP contribution < -0.4 is 18.9 Å². The van der Waals surface area contributed by atoms with Crippen molar-refractivity contribution in [1.82, 2.24) is 9.88 Å². The molecule has 1 saturated carbocycles. The highest BCUT2D eigenvalue weighted by atomic mass is 16.6. The van der Waals surface area contributed by atoms with Crippen LogP contribution in [0, 0.1) is 17.8 Å². The van der Waals surface area contributed by atoms with Gasteiger partial charge >= 0.3 is 11.9 Å². The molecule has 2 aromatic carbocycles. The number of fused-ring (bicyclic) bond motifs is 6. The van der Waals surface area contributed by atoms with Gasteiger partial charge in [0.15, 0.2) is 11.5 Å². The molecule has 6 rings (SSSR count). The summed E-state index contributed by atoms with van der Waals surface area (Å²) >= 11 is 0. The van der Waals surface area contributed by atoms with Gasteiger partial charge in [0.25, 0.3) is 0 Å². The van der Waals surface area contributed by atoms with Crippen molar-refractivity contribution in [2.45, 2.75) is 37.5 Å². The van der Waals surface area contributed by atoms with Gasteiger partial charge in [-0.15, -0.1) is 13.2 Å². The average Bonchev–Trinajstić information content (AvgIpc) is 3.48. The molecule has 3 aliphatic rings. The lowest BCUT2D eigenvalue weighted by atomic mass is 9.63. The van der Waals surface area contributed by atoms with Crippen LogP contribution in [0.2, 0.25) is 0 Å². The number of carbonyl (C=O) groups is 2. The van der Waals surface area contributed by atoms with Gasteiger partial charge in [0, 0.05) is 42.9 Å². The summed E-state index contributed by atoms with van der Waals surface area (Å²) in [7, 11) is 9.10. The van der Waals surface area contributed by atoms with E-state index in [2.05, 4.69) is 29.1 Å². The maximum atomic E-state index is 13.5. The average molecular weight is 637 g/mol. The number of aromatic nitrogens is 1. The predicted molar refractivity (Wildman–Crippen MR) is 172 cm³/mol. The molecule has 1 N–H and O–H groups in total. The molecular formula is C35H44N2O9. The van der Waals surface area contributed by atoms with Gasteiger partial charge in [-0.25, -0.2) is 4.79 Å². The van der Waals surface area contributed by atoms with E-state index in [4.69, 9.17) is 33.2 Å². The fourth-order valence-corrected chi connectivity index (χ4v) is 7.76. The number of carbonyl (C=O) groups excluding carboxylic acids is 2. The standard InChI is InChI=1S/C33H40N2O9.C2H4/c1-38-19-7-8-20-21-9-10-35-16-18-13-27(44-32(36)17-11-25(39-2)30(41-4)26(12-17)40-3)31(42-5)28(33(37)43-6)22(18)15-24(35)29(21)34-23(20)14-19;1-2/h7-8,11-12,14,18,22,24,27-28,31,34H,9-10,13,15-16H2,1-6H3;1-2H2/t18-,22+,24-,27-,28+,31+;/m1./s1. The number of rotatable bonds is 8. The van der Waals surface area contributed by atoms with Gasteiger partial charge in [0.1, 0.15) is 18.0 Å². The Balaban J connectivity index is 0.00000204. The Morgan fingerprint density at radius 1 is 0.913 bits per heavy atom. The molecule has 1 aliphatic carbocycles. The number of methoxy groups -OCH3 is 6. The second-order valence-corrected chi connectivity index (χ2v) is 11.7. The predicted octanol–water partition coefficient (Wildman–Crippen LogP) is 4.97. The van der Waals surface area contributed by atoms with Crippen molar-refractivity contribution in [1.29, 1.82) is 0 Å². The number of H-pyrrole nitrogens is 1. The van der Waals surface area contributed by atoms with Crippen LogP contribution in [-0.4, -0.2) is 89.8 Å². The van der Waals surface area contributed by atoms with E-state index < -0.39 is 24.1 Å². The molecule has 2 fully saturated rings. The molecule has 6 atom stereocenters. The maximum Gasteiger partial charge on any atom is 0.338 e. The van der Waals surface area contributed by atoms with Crippen molar-refractivity contribution < 1.29 is 42.7 Å². The molecule has 3 aromatic rings. The molecule has 2 aliphatic heterocycles. The summed E-state index contributed by atoms with van der Waals surface area (Å²) in [6.07, 6.45) is 0.920. The van der Waals surface area contributed by atoms with Crippen molar-refractivity contribution in [3.05, 3.63) is 60.3 Å². The minimum absolute atomic E-state index is 0.0170. The van der Waals surface area contributed by atoms with Crippen molar-refractivity contribution >= 4 is 22.8 Å². The van der Waals surface area contributed by atoms with Crippen LogP contribution in [0.4, 0.5) is 0 Å². The SMILES string of the molecule is C=C.COC(=O)[C@H]1[C@H]2C[C@@H]3c4[nH]c5cc(OC)ccc5c4CCN3C[C@H]2C[C@@H](OC(=O)c2cc(OC)c(OC)c(OC)c2)[C@@H]1OC. The number of hydrogen-bond donors (Lipinski definition) is 1. The van der Waals surface area contributed by atoms with Crippen molar-refractivity contribution in [3.8, 4) is 23.0 Å². The molecular weight excluding hydrogens is 592 g/mol. The molecule has 11 heteroatoms. The fraction of sp³-hybridized carbons (Fsp3) is 0.486. The molecule has 0 radical (unpaired) electrons. The molecule has 248 valence electrons. The lowest BCUT2D eigenvalue weighted by molar-refractivity contribution is -0.176. The van der Waals surface area contributed by atoms with E-state index in [1.807, 2.05) is 12.1 Å². The van der Waals surface area contributed by atoms with Gasteiger partial charge in [-0.3, -0.25) is 9.69 Å². The first-order valence-corrected chi connectivity index (χ1v) is 15.4. The minimum Gasteiger partial charge on any atom is -0.497 e. The second kappa shape index (κ2) is 14.0. The number of piperidine rings is 1. The molecule has 0 bridgehead atoms. The Hall–Kier alpha value is -4.22. The van der Waals surface area contributed by atoms with Crippen LogP contribution in [0.1, 0.15) is 40.5 Å². The second-order valence-electron chi connectivity index (χ2n) is 11.7. The van der Waals surface area contributed by atoms with E-state index in [9.17, 15) is 9.59 Å². The monoisotopic (exact) mass is 636 g/mol. The molecule has 1 saturated heterocycles. The van der Waals surface area contributed by atoms with Gasteiger partial charge in [-0.2, -0.15) is 0 Å². The molecule has 3 heterocycles. The summed E-state index contributed by atoms with van der Waals surface area (Å²) in [4.78, 5) is 33.1. The maximum absolute atomic E-state index is 13.5. The zero-order valence-corrected chi connectivity index (χ0v) is 27.4. The molecule has 1 aromatic heterocycles. The highest BCUT2D eigenvalue weighted by Crippen LogP contribution is 2.51. The lowest BCUT2D eigenvalue weighted by Gasteiger charge is -2.52. The Bertz CT molecular complexity index is 1540. The Morgan fingerprint density at radius 3 is 2.24 bits per heavy atom. The molecule has 0 spiro atoms. The van der Waals surface area contributed by atoms with Crippen LogP contribution in [0.15, 0.2) is 43.5 Å². The number of aromatic amines is 1. The number of nitrogens with zero attached hydrogens (tertiary/aromatic N) is 1. The van der Waals surface area contributed by atoms with Crippen molar-refractivity contribution in [2.24, 2.45) is 17.8 Å². The van der Waals surface area contributed by atoms with E-state index in [-0.39, 0.29) is 29.4 Å². The Labute approximate surface area is 269 Å². The highest BCUT2D eigenvalue weighted by molar-refractivity contribution is 5.91. The third-order valence-corrected chi connectivity index (χ3v) is 9.76. The van der Waals surface area contributed by atoms with Gasteiger partial charge in [0.2, 0.25) is 5.75 Å². The fourth-order valence-electron chi connectivity index (χ4n) is 7.76. The first-order valence-electron chi connectivity index (χ1n) is 15.4. The zero-order valence-electron chi connectivity index (χ0n) is 27.4. The van der Waals surface area contributed by atoms with E-state index in [0.29, 0.717) is 23.7 Å². The smallest absolute Gasteiger partial charge is 0.338 e. The van der Waals surface area contributed by atoms with E-state index in [1.54, 1.807) is 26.4 Å². The largest absolute Gasteiger partial charge is 0.497 e. The summed E-state index contributed by atoms with van der Waals surface area (Å²) in [5.74, 6) is 0.441. The Morgan fingerprint density at radius 2 is 1.63 bits per heavy atom. The molecule has 0 unspecified atom stereocenters. The van der Waals surface area contributed by atoms with Crippen LogP contribution in [0.5, 0.6) is 23.0 Å². The Kier molecular flexibility index (Phi) is 10.1. The first-order chi connectivity index (χ1) is 22.3. The number of benzene rings is 2. The van der Waals surface area contributed by atoms with Gasteiger partial charge in [-0.05, 0) is 60.9 Å². The normalized spacial score (nSPS) is 25.1. The number of ether oxygens (including phenoxy) is 7. The van der Waals surface area contributed by atoms with E-state index in [1.165, 1.54) is 45.1 Å². The topological polar surface area (TPSA) is 118 Å². The first kappa shape index (κ1) is 33.2.